The SMILES string of the molecule is CCC(=O)c1cc(C(=O)O)cc(C(CC#N)c2ccccc2)n1. The molecule has 1 unspecified atom stereocenters. The van der Waals surface area contributed by atoms with Crippen molar-refractivity contribution < 1.29 is 14.7 Å². The normalized spacial score (nSPS) is 11.5. The molecule has 0 radical (unpaired) electrons. The minimum atomic E-state index is -1.12. The molecule has 0 fully saturated rings. The summed E-state index contributed by atoms with van der Waals surface area (Å²) in [4.78, 5) is 27.6. The highest BCUT2D eigenvalue weighted by atomic mass is 16.4. The molecule has 2 rings (SSSR count). The van der Waals surface area contributed by atoms with Crippen LogP contribution in [0.1, 0.15) is 57.8 Å². The van der Waals surface area contributed by atoms with Crippen LogP contribution in [0.15, 0.2) is 42.5 Å². The van der Waals surface area contributed by atoms with Crippen molar-refractivity contribution in [3.8, 4) is 6.07 Å². The Labute approximate surface area is 134 Å². The molecule has 0 spiro atoms. The quantitative estimate of drug-likeness (QED) is 0.826. The summed E-state index contributed by atoms with van der Waals surface area (Å²) in [5, 5.41) is 18.4. The van der Waals surface area contributed by atoms with Gasteiger partial charge in [-0.2, -0.15) is 5.26 Å². The Morgan fingerprint density at radius 2 is 1.96 bits per heavy atom. The van der Waals surface area contributed by atoms with Gasteiger partial charge in [-0.3, -0.25) is 4.79 Å². The Bertz CT molecular complexity index is 764. The second-order valence-electron chi connectivity index (χ2n) is 5.07. The summed E-state index contributed by atoms with van der Waals surface area (Å²) in [5.74, 6) is -1.72. The molecule has 0 aliphatic heterocycles. The number of carboxylic acids is 1. The van der Waals surface area contributed by atoms with E-state index in [1.54, 1.807) is 6.92 Å². The molecule has 0 bridgehead atoms. The van der Waals surface area contributed by atoms with Crippen LogP contribution < -0.4 is 0 Å². The van der Waals surface area contributed by atoms with Crippen molar-refractivity contribution in [2.75, 3.05) is 0 Å². The van der Waals surface area contributed by atoms with E-state index in [1.165, 1.54) is 12.1 Å². The van der Waals surface area contributed by atoms with E-state index in [4.69, 9.17) is 5.26 Å². The highest BCUT2D eigenvalue weighted by Crippen LogP contribution is 2.27. The number of carbonyl (C=O) groups excluding carboxylic acids is 1. The molecule has 1 aromatic carbocycles. The second-order valence-corrected chi connectivity index (χ2v) is 5.07. The van der Waals surface area contributed by atoms with E-state index in [9.17, 15) is 14.7 Å². The molecule has 1 heterocycles. The van der Waals surface area contributed by atoms with Crippen LogP contribution in [0, 0.1) is 11.3 Å². The van der Waals surface area contributed by atoms with Crippen molar-refractivity contribution in [3.63, 3.8) is 0 Å². The number of aromatic nitrogens is 1. The van der Waals surface area contributed by atoms with Gasteiger partial charge in [0.1, 0.15) is 5.69 Å². The molecule has 5 nitrogen and oxygen atoms in total. The maximum absolute atomic E-state index is 11.9. The molecule has 2 aromatic rings. The average molecular weight is 308 g/mol. The van der Waals surface area contributed by atoms with Crippen molar-refractivity contribution in [2.45, 2.75) is 25.7 Å². The number of carboxylic acid groups (broad SMARTS) is 1. The molecule has 1 atom stereocenters. The number of nitrogens with zero attached hydrogens (tertiary/aromatic N) is 2. The highest BCUT2D eigenvalue weighted by Gasteiger charge is 2.20. The third kappa shape index (κ3) is 3.80. The topological polar surface area (TPSA) is 91.0 Å². The Hall–Kier alpha value is -3.00. The molecule has 0 aliphatic carbocycles. The molecule has 1 N–H and O–H groups in total. The van der Waals surface area contributed by atoms with Gasteiger partial charge in [0.2, 0.25) is 0 Å². The van der Waals surface area contributed by atoms with Crippen molar-refractivity contribution in [1.82, 2.24) is 4.98 Å². The van der Waals surface area contributed by atoms with Crippen LogP contribution in [0.2, 0.25) is 0 Å². The third-order valence-electron chi connectivity index (χ3n) is 3.55. The monoisotopic (exact) mass is 308 g/mol. The zero-order valence-corrected chi connectivity index (χ0v) is 12.7. The third-order valence-corrected chi connectivity index (χ3v) is 3.55. The van der Waals surface area contributed by atoms with Gasteiger partial charge in [-0.1, -0.05) is 37.3 Å². The van der Waals surface area contributed by atoms with Gasteiger partial charge in [-0.25, -0.2) is 9.78 Å². The predicted molar refractivity (Wildman–Crippen MR) is 84.3 cm³/mol. The number of aromatic carboxylic acids is 1. The van der Waals surface area contributed by atoms with E-state index in [-0.39, 0.29) is 35.8 Å². The summed E-state index contributed by atoms with van der Waals surface area (Å²) in [6.07, 6.45) is 0.392. The molecular formula is C18H16N2O3. The van der Waals surface area contributed by atoms with Gasteiger partial charge in [-0.05, 0) is 17.7 Å². The number of ketones is 1. The average Bonchev–Trinajstić information content (AvgIpc) is 2.59. The summed E-state index contributed by atoms with van der Waals surface area (Å²) < 4.78 is 0. The number of hydrogen-bond donors (Lipinski definition) is 1. The van der Waals surface area contributed by atoms with Crippen LogP contribution in [-0.4, -0.2) is 21.8 Å². The van der Waals surface area contributed by atoms with E-state index in [2.05, 4.69) is 11.1 Å². The van der Waals surface area contributed by atoms with Crippen molar-refractivity contribution in [3.05, 3.63) is 65.0 Å². The van der Waals surface area contributed by atoms with Gasteiger partial charge in [0, 0.05) is 18.8 Å². The molecule has 0 saturated carbocycles. The summed E-state index contributed by atoms with van der Waals surface area (Å²) in [6, 6.07) is 14.1. The lowest BCUT2D eigenvalue weighted by atomic mass is 9.91. The van der Waals surface area contributed by atoms with Gasteiger partial charge >= 0.3 is 5.97 Å². The fourth-order valence-electron chi connectivity index (χ4n) is 2.35. The van der Waals surface area contributed by atoms with Crippen LogP contribution in [0.5, 0.6) is 0 Å². The highest BCUT2D eigenvalue weighted by molar-refractivity contribution is 5.97. The predicted octanol–water partition coefficient (Wildman–Crippen LogP) is 3.42. The van der Waals surface area contributed by atoms with Gasteiger partial charge < -0.3 is 5.11 Å². The molecule has 116 valence electrons. The summed E-state index contributed by atoms with van der Waals surface area (Å²) in [5.41, 5.74) is 1.42. The fourth-order valence-corrected chi connectivity index (χ4v) is 2.35. The Morgan fingerprint density at radius 3 is 2.52 bits per heavy atom. The van der Waals surface area contributed by atoms with E-state index in [0.717, 1.165) is 5.56 Å². The number of rotatable bonds is 6. The van der Waals surface area contributed by atoms with Gasteiger partial charge in [0.25, 0.3) is 0 Å². The first-order valence-electron chi connectivity index (χ1n) is 7.27. The number of benzene rings is 1. The first kappa shape index (κ1) is 16.4. The van der Waals surface area contributed by atoms with Gasteiger partial charge in [-0.15, -0.1) is 0 Å². The fraction of sp³-hybridized carbons (Fsp3) is 0.222. The Kier molecular flexibility index (Phi) is 5.21. The number of nitriles is 1. The van der Waals surface area contributed by atoms with Crippen LogP contribution >= 0.6 is 0 Å². The molecule has 5 heteroatoms. The Balaban J connectivity index is 2.58. The molecule has 0 aliphatic rings. The molecule has 0 saturated heterocycles. The lowest BCUT2D eigenvalue weighted by Crippen LogP contribution is -2.11. The number of pyridine rings is 1. The summed E-state index contributed by atoms with van der Waals surface area (Å²) >= 11 is 0. The largest absolute Gasteiger partial charge is 0.478 e. The number of hydrogen-bond acceptors (Lipinski definition) is 4. The number of Topliss-reactive ketones (excluding diaryl/α,β-unsaturated/α-hetero) is 1. The maximum Gasteiger partial charge on any atom is 0.335 e. The Morgan fingerprint density at radius 1 is 1.26 bits per heavy atom. The standard InChI is InChI=1S/C18H16N2O3/c1-2-17(21)16-11-13(18(22)23)10-15(20-16)14(8-9-19)12-6-4-3-5-7-12/h3-7,10-11,14H,2,8H2,1H3,(H,22,23). The van der Waals surface area contributed by atoms with Crippen LogP contribution in [0.25, 0.3) is 0 Å². The van der Waals surface area contributed by atoms with E-state index < -0.39 is 5.97 Å². The molecule has 23 heavy (non-hydrogen) atoms. The van der Waals surface area contributed by atoms with Gasteiger partial charge in [0.05, 0.1) is 17.3 Å². The van der Waals surface area contributed by atoms with E-state index >= 15 is 0 Å². The minimum Gasteiger partial charge on any atom is -0.478 e. The van der Waals surface area contributed by atoms with Crippen molar-refractivity contribution in [2.24, 2.45) is 0 Å². The lowest BCUT2D eigenvalue weighted by Gasteiger charge is -2.15. The summed E-state index contributed by atoms with van der Waals surface area (Å²) in [7, 11) is 0. The van der Waals surface area contributed by atoms with E-state index in [0.29, 0.717) is 5.69 Å². The van der Waals surface area contributed by atoms with E-state index in [1.807, 2.05) is 30.3 Å². The van der Waals surface area contributed by atoms with Crippen LogP contribution in [0.3, 0.4) is 0 Å². The van der Waals surface area contributed by atoms with Crippen molar-refractivity contribution in [1.29, 1.82) is 5.26 Å². The van der Waals surface area contributed by atoms with Crippen LogP contribution in [0.4, 0.5) is 0 Å². The zero-order chi connectivity index (χ0) is 16.8. The second kappa shape index (κ2) is 7.32. The zero-order valence-electron chi connectivity index (χ0n) is 12.7. The first-order valence-corrected chi connectivity index (χ1v) is 7.27. The lowest BCUT2D eigenvalue weighted by molar-refractivity contribution is 0.0696. The maximum atomic E-state index is 11.9. The minimum absolute atomic E-state index is 0.00525. The van der Waals surface area contributed by atoms with Gasteiger partial charge in [0.15, 0.2) is 5.78 Å². The number of carbonyl (C=O) groups is 2. The first-order chi connectivity index (χ1) is 11.1. The van der Waals surface area contributed by atoms with Crippen molar-refractivity contribution >= 4 is 11.8 Å². The van der Waals surface area contributed by atoms with Crippen LogP contribution in [-0.2, 0) is 0 Å². The smallest absolute Gasteiger partial charge is 0.335 e. The molecular weight excluding hydrogens is 292 g/mol. The molecule has 0 amide bonds. The summed E-state index contributed by atoms with van der Waals surface area (Å²) in [6.45, 7) is 1.70. The molecule has 1 aromatic heterocycles.